The van der Waals surface area contributed by atoms with Crippen LogP contribution in [-0.2, 0) is 10.4 Å². The Bertz CT molecular complexity index is 384. The highest BCUT2D eigenvalue weighted by Gasteiger charge is 2.31. The molecule has 0 aliphatic carbocycles. The van der Waals surface area contributed by atoms with Gasteiger partial charge in [-0.25, -0.2) is 4.39 Å². The quantitative estimate of drug-likeness (QED) is 0.789. The van der Waals surface area contributed by atoms with Gasteiger partial charge in [-0.1, -0.05) is 12.1 Å². The first-order valence-corrected chi connectivity index (χ1v) is 6.67. The molecule has 0 radical (unpaired) electrons. The van der Waals surface area contributed by atoms with Crippen LogP contribution in [0.4, 0.5) is 4.39 Å². The lowest BCUT2D eigenvalue weighted by atomic mass is 9.91. The third kappa shape index (κ3) is 4.80. The number of hydrogen-bond donors (Lipinski definition) is 1. The summed E-state index contributed by atoms with van der Waals surface area (Å²) in [5.41, 5.74) is 4.55. The highest BCUT2D eigenvalue weighted by Crippen LogP contribution is 2.33. The molecule has 0 amide bonds. The maximum absolute atomic E-state index is 15.0. The van der Waals surface area contributed by atoms with E-state index in [1.807, 2.05) is 19.9 Å². The van der Waals surface area contributed by atoms with Crippen molar-refractivity contribution in [2.24, 2.45) is 5.73 Å². The molecule has 1 unspecified atom stereocenters. The molecule has 19 heavy (non-hydrogen) atoms. The van der Waals surface area contributed by atoms with E-state index in [1.54, 1.807) is 18.2 Å². The van der Waals surface area contributed by atoms with Crippen molar-refractivity contribution in [3.63, 3.8) is 0 Å². The number of rotatable bonds is 8. The van der Waals surface area contributed by atoms with Gasteiger partial charge >= 0.3 is 0 Å². The molecular weight excluding hydrogens is 245 g/mol. The minimum atomic E-state index is -1.51. The number of benzene rings is 1. The molecule has 0 aliphatic heterocycles. The third-order valence-electron chi connectivity index (χ3n) is 2.87. The molecule has 3 nitrogen and oxygen atoms in total. The lowest BCUT2D eigenvalue weighted by Crippen LogP contribution is -2.27. The summed E-state index contributed by atoms with van der Waals surface area (Å²) in [4.78, 5) is 0. The number of alkyl halides is 1. The van der Waals surface area contributed by atoms with Crippen LogP contribution >= 0.6 is 0 Å². The van der Waals surface area contributed by atoms with E-state index in [0.717, 1.165) is 0 Å². The number of ether oxygens (including phenoxy) is 2. The molecule has 0 spiro atoms. The summed E-state index contributed by atoms with van der Waals surface area (Å²) in [5, 5.41) is 0. The van der Waals surface area contributed by atoms with Crippen molar-refractivity contribution < 1.29 is 13.9 Å². The fourth-order valence-corrected chi connectivity index (χ4v) is 2.03. The standard InChI is InChI=1S/C15H24FNO2/c1-12(2)19-14-7-4-6-13(10-14)15(16,11-18-3)8-5-9-17/h4,6-7,10,12H,5,8-9,11,17H2,1-3H3. The zero-order valence-electron chi connectivity index (χ0n) is 12.0. The first-order valence-electron chi connectivity index (χ1n) is 6.67. The van der Waals surface area contributed by atoms with Gasteiger partial charge in [0.05, 0.1) is 12.7 Å². The van der Waals surface area contributed by atoms with Crippen molar-refractivity contribution >= 4 is 0 Å². The Balaban J connectivity index is 2.94. The Kier molecular flexibility index (Phi) is 6.25. The highest BCUT2D eigenvalue weighted by molar-refractivity contribution is 5.32. The van der Waals surface area contributed by atoms with Gasteiger partial charge in [0.25, 0.3) is 0 Å². The third-order valence-corrected chi connectivity index (χ3v) is 2.87. The molecule has 1 aromatic carbocycles. The van der Waals surface area contributed by atoms with Gasteiger partial charge in [0.15, 0.2) is 5.67 Å². The van der Waals surface area contributed by atoms with Crippen LogP contribution < -0.4 is 10.5 Å². The second kappa shape index (κ2) is 7.46. The van der Waals surface area contributed by atoms with Crippen LogP contribution in [-0.4, -0.2) is 26.4 Å². The Hall–Kier alpha value is -1.13. The summed E-state index contributed by atoms with van der Waals surface area (Å²) in [6.45, 7) is 4.38. The van der Waals surface area contributed by atoms with Crippen molar-refractivity contribution in [1.29, 1.82) is 0 Å². The molecule has 0 saturated heterocycles. The van der Waals surface area contributed by atoms with Gasteiger partial charge in [-0.2, -0.15) is 0 Å². The molecule has 0 saturated carbocycles. The number of nitrogens with two attached hydrogens (primary N) is 1. The van der Waals surface area contributed by atoms with Crippen LogP contribution in [0.5, 0.6) is 5.75 Å². The minimum absolute atomic E-state index is 0.0259. The van der Waals surface area contributed by atoms with Crippen molar-refractivity contribution in [2.75, 3.05) is 20.3 Å². The van der Waals surface area contributed by atoms with E-state index < -0.39 is 5.67 Å². The average Bonchev–Trinajstić information content (AvgIpc) is 2.36. The van der Waals surface area contributed by atoms with Crippen molar-refractivity contribution in [1.82, 2.24) is 0 Å². The second-order valence-corrected chi connectivity index (χ2v) is 4.98. The predicted octanol–water partition coefficient (Wildman–Crippen LogP) is 3.02. The molecule has 0 aliphatic rings. The Morgan fingerprint density at radius 2 is 2.11 bits per heavy atom. The van der Waals surface area contributed by atoms with E-state index in [4.69, 9.17) is 15.2 Å². The smallest absolute Gasteiger partial charge is 0.159 e. The monoisotopic (exact) mass is 269 g/mol. The van der Waals surface area contributed by atoms with Gasteiger partial charge in [0.1, 0.15) is 5.75 Å². The van der Waals surface area contributed by atoms with E-state index in [-0.39, 0.29) is 12.7 Å². The average molecular weight is 269 g/mol. The Morgan fingerprint density at radius 1 is 1.37 bits per heavy atom. The van der Waals surface area contributed by atoms with Crippen LogP contribution in [0.1, 0.15) is 32.3 Å². The molecule has 4 heteroatoms. The number of halogens is 1. The molecular formula is C15H24FNO2. The first kappa shape index (κ1) is 15.9. The zero-order chi connectivity index (χ0) is 14.3. The molecule has 108 valence electrons. The van der Waals surface area contributed by atoms with Crippen LogP contribution in [0.2, 0.25) is 0 Å². The lowest BCUT2D eigenvalue weighted by molar-refractivity contribution is 0.0301. The van der Waals surface area contributed by atoms with Gasteiger partial charge < -0.3 is 15.2 Å². The second-order valence-electron chi connectivity index (χ2n) is 4.98. The topological polar surface area (TPSA) is 44.5 Å². The maximum atomic E-state index is 15.0. The van der Waals surface area contributed by atoms with Gasteiger partial charge in [-0.15, -0.1) is 0 Å². The van der Waals surface area contributed by atoms with Gasteiger partial charge in [0, 0.05) is 7.11 Å². The summed E-state index contributed by atoms with van der Waals surface area (Å²) < 4.78 is 25.6. The molecule has 1 aromatic rings. The molecule has 0 heterocycles. The molecule has 0 aromatic heterocycles. The summed E-state index contributed by atoms with van der Waals surface area (Å²) >= 11 is 0. The van der Waals surface area contributed by atoms with Crippen LogP contribution in [0.25, 0.3) is 0 Å². The van der Waals surface area contributed by atoms with Gasteiger partial charge in [-0.3, -0.25) is 0 Å². The molecule has 2 N–H and O–H groups in total. The Morgan fingerprint density at radius 3 is 2.68 bits per heavy atom. The Labute approximate surface area is 114 Å². The molecule has 1 rings (SSSR count). The number of hydrogen-bond acceptors (Lipinski definition) is 3. The summed E-state index contributed by atoms with van der Waals surface area (Å²) in [6, 6.07) is 7.15. The normalized spacial score (nSPS) is 14.4. The molecule has 1 atom stereocenters. The van der Waals surface area contributed by atoms with Crippen LogP contribution in [0.15, 0.2) is 24.3 Å². The highest BCUT2D eigenvalue weighted by atomic mass is 19.1. The minimum Gasteiger partial charge on any atom is -0.491 e. The predicted molar refractivity (Wildman–Crippen MR) is 75.2 cm³/mol. The summed E-state index contributed by atoms with van der Waals surface area (Å²) in [7, 11) is 1.51. The summed E-state index contributed by atoms with van der Waals surface area (Å²) in [6.07, 6.45) is 1.04. The van der Waals surface area contributed by atoms with Crippen molar-refractivity contribution in [2.45, 2.75) is 38.5 Å². The fraction of sp³-hybridized carbons (Fsp3) is 0.600. The SMILES string of the molecule is COCC(F)(CCCN)c1cccc(OC(C)C)c1. The van der Waals surface area contributed by atoms with Crippen LogP contribution in [0.3, 0.4) is 0 Å². The van der Waals surface area contributed by atoms with E-state index in [9.17, 15) is 4.39 Å². The molecule has 0 bridgehead atoms. The van der Waals surface area contributed by atoms with Crippen molar-refractivity contribution in [3.8, 4) is 5.75 Å². The van der Waals surface area contributed by atoms with E-state index in [0.29, 0.717) is 30.7 Å². The lowest BCUT2D eigenvalue weighted by Gasteiger charge is -2.25. The fourth-order valence-electron chi connectivity index (χ4n) is 2.03. The van der Waals surface area contributed by atoms with E-state index in [1.165, 1.54) is 7.11 Å². The summed E-state index contributed by atoms with van der Waals surface area (Å²) in [5.74, 6) is 0.679. The largest absolute Gasteiger partial charge is 0.491 e. The number of methoxy groups -OCH3 is 1. The zero-order valence-corrected chi connectivity index (χ0v) is 12.0. The van der Waals surface area contributed by atoms with E-state index >= 15 is 0 Å². The first-order chi connectivity index (χ1) is 9.01. The van der Waals surface area contributed by atoms with E-state index in [2.05, 4.69) is 0 Å². The van der Waals surface area contributed by atoms with Crippen LogP contribution in [0, 0.1) is 0 Å². The van der Waals surface area contributed by atoms with Gasteiger partial charge in [-0.05, 0) is 50.9 Å². The maximum Gasteiger partial charge on any atom is 0.159 e. The van der Waals surface area contributed by atoms with Gasteiger partial charge in [0.2, 0.25) is 0 Å². The molecule has 0 fully saturated rings. The van der Waals surface area contributed by atoms with Crippen molar-refractivity contribution in [3.05, 3.63) is 29.8 Å².